The summed E-state index contributed by atoms with van der Waals surface area (Å²) < 4.78 is 0. The van der Waals surface area contributed by atoms with Crippen LogP contribution in [0.3, 0.4) is 0 Å². The third-order valence-electron chi connectivity index (χ3n) is 2.97. The van der Waals surface area contributed by atoms with Crippen molar-refractivity contribution < 1.29 is 0 Å². The van der Waals surface area contributed by atoms with E-state index >= 15 is 0 Å². The minimum absolute atomic E-state index is 0.673. The summed E-state index contributed by atoms with van der Waals surface area (Å²) in [5, 5.41) is 12.6. The minimum Gasteiger partial charge on any atom is -0.380 e. The number of nitrogens with one attached hydrogen (secondary N) is 1. The summed E-state index contributed by atoms with van der Waals surface area (Å²) in [5.41, 5.74) is 3.91. The summed E-state index contributed by atoms with van der Waals surface area (Å²) in [7, 11) is 0. The summed E-state index contributed by atoms with van der Waals surface area (Å²) in [6, 6.07) is 10.1. The molecule has 0 aliphatic heterocycles. The normalized spacial score (nSPS) is 9.95. The molecule has 0 spiro atoms. The van der Waals surface area contributed by atoms with E-state index in [2.05, 4.69) is 23.3 Å². The molecule has 4 heteroatoms. The highest BCUT2D eigenvalue weighted by atomic mass is 32.2. The fraction of sp³-hybridized carbons (Fsp3) is 0.200. The number of aromatic nitrogens is 1. The molecule has 2 aromatic rings. The third-order valence-corrected chi connectivity index (χ3v) is 3.75. The molecule has 1 heterocycles. The Morgan fingerprint density at radius 3 is 2.89 bits per heavy atom. The molecule has 3 nitrogen and oxygen atoms in total. The second-order valence-corrected chi connectivity index (χ2v) is 5.00. The molecule has 2 rings (SSSR count). The van der Waals surface area contributed by atoms with Crippen molar-refractivity contribution in [3.63, 3.8) is 0 Å². The van der Waals surface area contributed by atoms with Crippen molar-refractivity contribution >= 4 is 17.4 Å². The maximum atomic E-state index is 9.27. The van der Waals surface area contributed by atoms with Gasteiger partial charge in [-0.3, -0.25) is 4.98 Å². The molecule has 1 N–H and O–H groups in total. The molecule has 1 aromatic heterocycles. The number of thioether (sulfide) groups is 1. The first-order chi connectivity index (χ1) is 9.26. The van der Waals surface area contributed by atoms with Crippen LogP contribution >= 0.6 is 11.8 Å². The molecule has 0 aliphatic rings. The average Bonchev–Trinajstić information content (AvgIpc) is 2.45. The van der Waals surface area contributed by atoms with Crippen LogP contribution in [-0.2, 0) is 6.54 Å². The first-order valence-electron chi connectivity index (χ1n) is 5.96. The number of benzene rings is 1. The van der Waals surface area contributed by atoms with Crippen molar-refractivity contribution in [1.82, 2.24) is 4.98 Å². The fourth-order valence-corrected chi connectivity index (χ4v) is 2.41. The second-order valence-electron chi connectivity index (χ2n) is 4.15. The predicted octanol–water partition coefficient (Wildman–Crippen LogP) is 3.60. The van der Waals surface area contributed by atoms with Gasteiger partial charge >= 0.3 is 0 Å². The summed E-state index contributed by atoms with van der Waals surface area (Å²) in [6.45, 7) is 2.73. The van der Waals surface area contributed by atoms with Gasteiger partial charge in [-0.25, -0.2) is 0 Å². The van der Waals surface area contributed by atoms with Gasteiger partial charge in [-0.1, -0.05) is 6.07 Å². The van der Waals surface area contributed by atoms with Crippen LogP contribution in [0.4, 0.5) is 5.69 Å². The van der Waals surface area contributed by atoms with E-state index in [0.29, 0.717) is 12.1 Å². The highest BCUT2D eigenvalue weighted by Gasteiger charge is 2.07. The molecule has 0 amide bonds. The summed E-state index contributed by atoms with van der Waals surface area (Å²) in [4.78, 5) is 5.12. The van der Waals surface area contributed by atoms with Gasteiger partial charge in [0.2, 0.25) is 0 Å². The lowest BCUT2D eigenvalue weighted by molar-refractivity contribution is 1.08. The molecule has 96 valence electrons. The van der Waals surface area contributed by atoms with Crippen molar-refractivity contribution in [2.45, 2.75) is 18.4 Å². The van der Waals surface area contributed by atoms with Gasteiger partial charge in [0.05, 0.1) is 11.3 Å². The highest BCUT2D eigenvalue weighted by molar-refractivity contribution is 7.98. The summed E-state index contributed by atoms with van der Waals surface area (Å²) in [6.07, 6.45) is 5.62. The smallest absolute Gasteiger partial charge is 0.102 e. The topological polar surface area (TPSA) is 48.7 Å². The van der Waals surface area contributed by atoms with Crippen LogP contribution in [0.5, 0.6) is 0 Å². The molecule has 0 bridgehead atoms. The Bertz CT molecular complexity index is 617. The lowest BCUT2D eigenvalue weighted by atomic mass is 10.1. The zero-order valence-electron chi connectivity index (χ0n) is 11.0. The molecule has 1 aromatic carbocycles. The first-order valence-corrected chi connectivity index (χ1v) is 7.19. The molecule has 0 fully saturated rings. The van der Waals surface area contributed by atoms with Crippen molar-refractivity contribution in [3.05, 3.63) is 53.3 Å². The molecule has 0 saturated carbocycles. The van der Waals surface area contributed by atoms with Gasteiger partial charge in [0.1, 0.15) is 6.07 Å². The van der Waals surface area contributed by atoms with Gasteiger partial charge < -0.3 is 5.32 Å². The van der Waals surface area contributed by atoms with Crippen molar-refractivity contribution in [1.29, 1.82) is 5.26 Å². The van der Waals surface area contributed by atoms with Crippen molar-refractivity contribution in [2.75, 3.05) is 11.6 Å². The Labute approximate surface area is 117 Å². The largest absolute Gasteiger partial charge is 0.380 e. The Morgan fingerprint density at radius 2 is 2.21 bits per heavy atom. The van der Waals surface area contributed by atoms with E-state index in [4.69, 9.17) is 0 Å². The molecule has 19 heavy (non-hydrogen) atoms. The van der Waals surface area contributed by atoms with E-state index in [9.17, 15) is 5.26 Å². The Balaban J connectivity index is 2.21. The quantitative estimate of drug-likeness (QED) is 0.862. The number of pyridine rings is 1. The minimum atomic E-state index is 0.673. The van der Waals surface area contributed by atoms with Crippen molar-refractivity contribution in [3.8, 4) is 6.07 Å². The van der Waals surface area contributed by atoms with E-state index in [-0.39, 0.29) is 0 Å². The molecule has 0 aliphatic carbocycles. The Morgan fingerprint density at radius 1 is 1.37 bits per heavy atom. The van der Waals surface area contributed by atoms with E-state index in [1.165, 1.54) is 5.56 Å². The van der Waals surface area contributed by atoms with Gasteiger partial charge in [0, 0.05) is 23.8 Å². The maximum Gasteiger partial charge on any atom is 0.102 e. The maximum absolute atomic E-state index is 9.27. The lowest BCUT2D eigenvalue weighted by Gasteiger charge is -2.11. The van der Waals surface area contributed by atoms with Crippen LogP contribution in [0.15, 0.2) is 41.6 Å². The van der Waals surface area contributed by atoms with Crippen LogP contribution in [0, 0.1) is 18.3 Å². The van der Waals surface area contributed by atoms with Crippen LogP contribution < -0.4 is 5.32 Å². The summed E-state index contributed by atoms with van der Waals surface area (Å²) in [5.74, 6) is 0. The van der Waals surface area contributed by atoms with Crippen LogP contribution in [0.2, 0.25) is 0 Å². The molecule has 0 saturated heterocycles. The lowest BCUT2D eigenvalue weighted by Crippen LogP contribution is -2.03. The zero-order valence-corrected chi connectivity index (χ0v) is 11.8. The summed E-state index contributed by atoms with van der Waals surface area (Å²) >= 11 is 1.58. The number of rotatable bonds is 4. The SMILES string of the molecule is CSc1cccc(NCc2cnccc2C)c1C#N. The predicted molar refractivity (Wildman–Crippen MR) is 79.2 cm³/mol. The van der Waals surface area contributed by atoms with Gasteiger partial charge in [-0.2, -0.15) is 5.26 Å². The zero-order chi connectivity index (χ0) is 13.7. The second kappa shape index (κ2) is 6.26. The first kappa shape index (κ1) is 13.4. The standard InChI is InChI=1S/C15H15N3S/c1-11-6-7-17-9-12(11)10-18-14-4-3-5-15(19-2)13(14)8-16/h3-7,9,18H,10H2,1-2H3. The molecule has 0 radical (unpaired) electrons. The number of anilines is 1. The molecule has 0 atom stereocenters. The molecular formula is C15H15N3S. The van der Waals surface area contributed by atoms with E-state index in [0.717, 1.165) is 16.1 Å². The van der Waals surface area contributed by atoms with Crippen molar-refractivity contribution in [2.24, 2.45) is 0 Å². The number of nitrogens with zero attached hydrogens (tertiary/aromatic N) is 2. The highest BCUT2D eigenvalue weighted by Crippen LogP contribution is 2.26. The third kappa shape index (κ3) is 3.07. The number of hydrogen-bond donors (Lipinski definition) is 1. The number of hydrogen-bond acceptors (Lipinski definition) is 4. The van der Waals surface area contributed by atoms with E-state index in [1.807, 2.05) is 36.7 Å². The van der Waals surface area contributed by atoms with Gasteiger partial charge in [0.15, 0.2) is 0 Å². The van der Waals surface area contributed by atoms with Crippen LogP contribution in [0.25, 0.3) is 0 Å². The van der Waals surface area contributed by atoms with Gasteiger partial charge in [-0.05, 0) is 42.5 Å². The Kier molecular flexibility index (Phi) is 4.43. The monoisotopic (exact) mass is 269 g/mol. The fourth-order valence-electron chi connectivity index (χ4n) is 1.84. The average molecular weight is 269 g/mol. The molecule has 0 unspecified atom stereocenters. The van der Waals surface area contributed by atoms with Gasteiger partial charge in [-0.15, -0.1) is 11.8 Å². The molecular weight excluding hydrogens is 254 g/mol. The van der Waals surface area contributed by atoms with E-state index < -0.39 is 0 Å². The van der Waals surface area contributed by atoms with E-state index in [1.54, 1.807) is 18.0 Å². The Hall–Kier alpha value is -1.99. The van der Waals surface area contributed by atoms with Crippen LogP contribution in [-0.4, -0.2) is 11.2 Å². The van der Waals surface area contributed by atoms with Gasteiger partial charge in [0.25, 0.3) is 0 Å². The number of aryl methyl sites for hydroxylation is 1. The van der Waals surface area contributed by atoms with Crippen LogP contribution in [0.1, 0.15) is 16.7 Å². The number of nitriles is 1.